The molecule has 1 heterocycles. The predicted octanol–water partition coefficient (Wildman–Crippen LogP) is -0.522. The van der Waals surface area contributed by atoms with Crippen molar-refractivity contribution in [2.75, 3.05) is 31.4 Å². The standard InChI is InChI=1S/C8H14N4O2/c1-14-5-6(4-13)11-8-3-10-2-7(9)12-8/h2-3,6,13H,4-5H2,1H3,(H3,9,11,12). The first-order chi connectivity index (χ1) is 6.76. The van der Waals surface area contributed by atoms with Gasteiger partial charge in [0.2, 0.25) is 0 Å². The van der Waals surface area contributed by atoms with Crippen LogP contribution in [0.3, 0.4) is 0 Å². The van der Waals surface area contributed by atoms with Crippen LogP contribution in [0.25, 0.3) is 0 Å². The van der Waals surface area contributed by atoms with Crippen LogP contribution in [-0.4, -0.2) is 41.4 Å². The monoisotopic (exact) mass is 198 g/mol. The van der Waals surface area contributed by atoms with Gasteiger partial charge in [0.05, 0.1) is 31.6 Å². The van der Waals surface area contributed by atoms with Gasteiger partial charge in [-0.05, 0) is 0 Å². The molecule has 0 amide bonds. The van der Waals surface area contributed by atoms with E-state index in [1.54, 1.807) is 7.11 Å². The molecule has 0 bridgehead atoms. The molecule has 0 saturated heterocycles. The van der Waals surface area contributed by atoms with Crippen molar-refractivity contribution in [3.8, 4) is 0 Å². The molecule has 0 aromatic carbocycles. The van der Waals surface area contributed by atoms with Gasteiger partial charge in [0.1, 0.15) is 11.6 Å². The van der Waals surface area contributed by atoms with Crippen molar-refractivity contribution >= 4 is 11.6 Å². The summed E-state index contributed by atoms with van der Waals surface area (Å²) in [7, 11) is 1.56. The maximum atomic E-state index is 8.97. The van der Waals surface area contributed by atoms with Gasteiger partial charge in [-0.1, -0.05) is 0 Å². The van der Waals surface area contributed by atoms with Crippen LogP contribution >= 0.6 is 0 Å². The zero-order valence-electron chi connectivity index (χ0n) is 7.97. The molecule has 78 valence electrons. The summed E-state index contributed by atoms with van der Waals surface area (Å²) in [5.41, 5.74) is 5.44. The summed E-state index contributed by atoms with van der Waals surface area (Å²) in [5.74, 6) is 0.866. The maximum Gasteiger partial charge on any atom is 0.147 e. The lowest BCUT2D eigenvalue weighted by Crippen LogP contribution is -2.29. The number of aromatic nitrogens is 2. The zero-order chi connectivity index (χ0) is 10.4. The fraction of sp³-hybridized carbons (Fsp3) is 0.500. The summed E-state index contributed by atoms with van der Waals surface area (Å²) < 4.78 is 4.90. The lowest BCUT2D eigenvalue weighted by Gasteiger charge is -2.15. The SMILES string of the molecule is COCC(CO)Nc1cncc(N)n1. The third kappa shape index (κ3) is 3.15. The highest BCUT2D eigenvalue weighted by Crippen LogP contribution is 2.04. The fourth-order valence-corrected chi connectivity index (χ4v) is 1.00. The minimum Gasteiger partial charge on any atom is -0.394 e. The van der Waals surface area contributed by atoms with E-state index >= 15 is 0 Å². The van der Waals surface area contributed by atoms with Gasteiger partial charge in [0.25, 0.3) is 0 Å². The molecule has 6 heteroatoms. The Morgan fingerprint density at radius 3 is 3.00 bits per heavy atom. The normalized spacial score (nSPS) is 12.4. The lowest BCUT2D eigenvalue weighted by molar-refractivity contribution is 0.153. The van der Waals surface area contributed by atoms with Gasteiger partial charge in [-0.2, -0.15) is 0 Å². The Hall–Kier alpha value is -1.40. The summed E-state index contributed by atoms with van der Waals surface area (Å²) in [6.45, 7) is 0.358. The lowest BCUT2D eigenvalue weighted by atomic mass is 10.3. The number of aliphatic hydroxyl groups excluding tert-OH is 1. The van der Waals surface area contributed by atoms with Gasteiger partial charge in [0, 0.05) is 7.11 Å². The molecular weight excluding hydrogens is 184 g/mol. The first-order valence-corrected chi connectivity index (χ1v) is 4.20. The molecule has 6 nitrogen and oxygen atoms in total. The number of ether oxygens (including phenoxy) is 1. The van der Waals surface area contributed by atoms with Crippen molar-refractivity contribution < 1.29 is 9.84 Å². The van der Waals surface area contributed by atoms with Crippen LogP contribution in [0.2, 0.25) is 0 Å². The number of nitrogen functional groups attached to an aromatic ring is 1. The van der Waals surface area contributed by atoms with Crippen LogP contribution < -0.4 is 11.1 Å². The van der Waals surface area contributed by atoms with Crippen molar-refractivity contribution in [3.63, 3.8) is 0 Å². The third-order valence-corrected chi connectivity index (χ3v) is 1.59. The smallest absolute Gasteiger partial charge is 0.147 e. The second-order valence-electron chi connectivity index (χ2n) is 2.81. The number of aliphatic hydroxyl groups is 1. The molecule has 14 heavy (non-hydrogen) atoms. The van der Waals surface area contributed by atoms with Crippen molar-refractivity contribution in [2.24, 2.45) is 0 Å². The predicted molar refractivity (Wildman–Crippen MR) is 52.8 cm³/mol. The molecule has 0 spiro atoms. The molecule has 1 aromatic rings. The summed E-state index contributed by atoms with van der Waals surface area (Å²) >= 11 is 0. The van der Waals surface area contributed by atoms with E-state index in [0.717, 1.165) is 0 Å². The Balaban J connectivity index is 2.57. The Kier molecular flexibility index (Phi) is 4.09. The number of hydrogen-bond donors (Lipinski definition) is 3. The topological polar surface area (TPSA) is 93.3 Å². The Morgan fingerprint density at radius 2 is 2.43 bits per heavy atom. The Labute approximate surface area is 82.1 Å². The molecule has 0 fully saturated rings. The Morgan fingerprint density at radius 1 is 1.64 bits per heavy atom. The maximum absolute atomic E-state index is 8.97. The minimum atomic E-state index is -0.198. The molecule has 0 aliphatic carbocycles. The highest BCUT2D eigenvalue weighted by molar-refractivity contribution is 5.39. The highest BCUT2D eigenvalue weighted by atomic mass is 16.5. The van der Waals surface area contributed by atoms with Gasteiger partial charge in [-0.15, -0.1) is 0 Å². The number of rotatable bonds is 5. The van der Waals surface area contributed by atoms with Gasteiger partial charge in [-0.25, -0.2) is 4.98 Å². The van der Waals surface area contributed by atoms with E-state index in [0.29, 0.717) is 18.2 Å². The van der Waals surface area contributed by atoms with E-state index in [-0.39, 0.29) is 12.6 Å². The molecule has 1 rings (SSSR count). The van der Waals surface area contributed by atoms with Gasteiger partial charge in [0.15, 0.2) is 0 Å². The van der Waals surface area contributed by atoms with Gasteiger partial charge >= 0.3 is 0 Å². The molecule has 0 radical (unpaired) electrons. The Bertz CT molecular complexity index is 282. The number of nitrogens with zero attached hydrogens (tertiary/aromatic N) is 2. The summed E-state index contributed by atoms with van der Waals surface area (Å²) in [5, 5.41) is 11.9. The number of hydrogen-bond acceptors (Lipinski definition) is 6. The molecule has 1 atom stereocenters. The van der Waals surface area contributed by atoms with Crippen molar-refractivity contribution in [3.05, 3.63) is 12.4 Å². The summed E-state index contributed by atoms with van der Waals surface area (Å²) in [4.78, 5) is 7.84. The van der Waals surface area contributed by atoms with Crippen molar-refractivity contribution in [1.29, 1.82) is 0 Å². The van der Waals surface area contributed by atoms with Gasteiger partial charge < -0.3 is 20.9 Å². The molecule has 0 aliphatic rings. The number of nitrogens with one attached hydrogen (secondary N) is 1. The summed E-state index contributed by atoms with van der Waals surface area (Å²) in [6.07, 6.45) is 2.99. The van der Waals surface area contributed by atoms with E-state index in [9.17, 15) is 0 Å². The number of methoxy groups -OCH3 is 1. The quantitative estimate of drug-likeness (QED) is 0.589. The van der Waals surface area contributed by atoms with Crippen LogP contribution in [0.4, 0.5) is 11.6 Å². The van der Waals surface area contributed by atoms with Crippen LogP contribution in [0, 0.1) is 0 Å². The average molecular weight is 198 g/mol. The second kappa shape index (κ2) is 5.36. The molecule has 0 saturated carbocycles. The van der Waals surface area contributed by atoms with E-state index in [2.05, 4.69) is 15.3 Å². The zero-order valence-corrected chi connectivity index (χ0v) is 7.97. The molecular formula is C8H14N4O2. The highest BCUT2D eigenvalue weighted by Gasteiger charge is 2.07. The summed E-state index contributed by atoms with van der Waals surface area (Å²) in [6, 6.07) is -0.198. The number of anilines is 2. The van der Waals surface area contributed by atoms with Crippen LogP contribution in [0.1, 0.15) is 0 Å². The molecule has 4 N–H and O–H groups in total. The molecule has 1 aromatic heterocycles. The van der Waals surface area contributed by atoms with E-state index < -0.39 is 0 Å². The average Bonchev–Trinajstić information content (AvgIpc) is 2.17. The fourth-order valence-electron chi connectivity index (χ4n) is 1.00. The second-order valence-corrected chi connectivity index (χ2v) is 2.81. The first-order valence-electron chi connectivity index (χ1n) is 4.20. The van der Waals surface area contributed by atoms with E-state index in [1.165, 1.54) is 12.4 Å². The first kappa shape index (κ1) is 10.7. The van der Waals surface area contributed by atoms with Crippen LogP contribution in [0.15, 0.2) is 12.4 Å². The molecule has 0 aliphatic heterocycles. The van der Waals surface area contributed by atoms with Crippen molar-refractivity contribution in [1.82, 2.24) is 9.97 Å². The van der Waals surface area contributed by atoms with Gasteiger partial charge in [-0.3, -0.25) is 4.98 Å². The van der Waals surface area contributed by atoms with E-state index in [1.807, 2.05) is 0 Å². The number of nitrogens with two attached hydrogens (primary N) is 1. The van der Waals surface area contributed by atoms with Crippen LogP contribution in [0.5, 0.6) is 0 Å². The van der Waals surface area contributed by atoms with Crippen molar-refractivity contribution in [2.45, 2.75) is 6.04 Å². The minimum absolute atomic E-state index is 0.0374. The third-order valence-electron chi connectivity index (χ3n) is 1.59. The molecule has 1 unspecified atom stereocenters. The largest absolute Gasteiger partial charge is 0.394 e. The van der Waals surface area contributed by atoms with E-state index in [4.69, 9.17) is 15.6 Å². The van der Waals surface area contributed by atoms with Crippen LogP contribution in [-0.2, 0) is 4.74 Å².